The first-order valence-corrected chi connectivity index (χ1v) is 7.98. The lowest BCUT2D eigenvalue weighted by molar-refractivity contribution is 0.0937. The first kappa shape index (κ1) is 14.7. The van der Waals surface area contributed by atoms with Crippen molar-refractivity contribution in [3.63, 3.8) is 0 Å². The molecule has 3 aromatic heterocycles. The molecule has 3 aromatic rings. The Morgan fingerprint density at radius 2 is 2.27 bits per heavy atom. The summed E-state index contributed by atoms with van der Waals surface area (Å²) in [5, 5.41) is 14.8. The number of aliphatic hydroxyl groups excluding tert-OH is 1. The number of aliphatic hydroxyl groups is 1. The van der Waals surface area contributed by atoms with Crippen LogP contribution in [0.4, 0.5) is 0 Å². The molecule has 0 saturated heterocycles. The molecule has 0 fully saturated rings. The van der Waals surface area contributed by atoms with E-state index in [4.69, 9.17) is 0 Å². The second-order valence-corrected chi connectivity index (χ2v) is 6.03. The van der Waals surface area contributed by atoms with Gasteiger partial charge in [0.25, 0.3) is 5.91 Å². The summed E-state index contributed by atoms with van der Waals surface area (Å²) in [6.45, 7) is 2.24. The lowest BCUT2D eigenvalue weighted by Gasteiger charge is -2.10. The number of thiophene rings is 1. The van der Waals surface area contributed by atoms with Gasteiger partial charge in [-0.3, -0.25) is 9.20 Å². The summed E-state index contributed by atoms with van der Waals surface area (Å²) in [4.78, 5) is 17.6. The number of nitrogens with one attached hydrogen (secondary N) is 1. The van der Waals surface area contributed by atoms with Crippen molar-refractivity contribution in [1.29, 1.82) is 0 Å². The summed E-state index contributed by atoms with van der Waals surface area (Å²) in [5.74, 6) is -0.172. The normalized spacial score (nSPS) is 12.5. The van der Waals surface area contributed by atoms with Crippen LogP contribution in [-0.2, 0) is 0 Å². The summed E-state index contributed by atoms with van der Waals surface area (Å²) >= 11 is 1.52. The van der Waals surface area contributed by atoms with Crippen molar-refractivity contribution in [3.05, 3.63) is 58.2 Å². The predicted molar refractivity (Wildman–Crippen MR) is 86.2 cm³/mol. The zero-order valence-electron chi connectivity index (χ0n) is 12.2. The fourth-order valence-corrected chi connectivity index (χ4v) is 3.16. The molecule has 0 aromatic carbocycles. The highest BCUT2D eigenvalue weighted by Gasteiger charge is 2.16. The molecule has 22 heavy (non-hydrogen) atoms. The number of amides is 1. The van der Waals surface area contributed by atoms with Gasteiger partial charge in [0.05, 0.1) is 11.8 Å². The molecule has 0 aliphatic carbocycles. The van der Waals surface area contributed by atoms with E-state index in [9.17, 15) is 9.90 Å². The molecule has 0 spiro atoms. The molecule has 2 N–H and O–H groups in total. The van der Waals surface area contributed by atoms with E-state index < -0.39 is 6.10 Å². The highest BCUT2D eigenvalue weighted by Crippen LogP contribution is 2.21. The highest BCUT2D eigenvalue weighted by molar-refractivity contribution is 7.10. The van der Waals surface area contributed by atoms with Gasteiger partial charge < -0.3 is 10.4 Å². The van der Waals surface area contributed by atoms with Crippen molar-refractivity contribution >= 4 is 22.9 Å². The van der Waals surface area contributed by atoms with Crippen molar-refractivity contribution in [1.82, 2.24) is 14.7 Å². The average Bonchev–Trinajstić information content (AvgIpc) is 3.13. The van der Waals surface area contributed by atoms with Crippen molar-refractivity contribution < 1.29 is 9.90 Å². The monoisotopic (exact) mass is 315 g/mol. The Hall–Kier alpha value is -2.18. The molecule has 5 nitrogen and oxygen atoms in total. The van der Waals surface area contributed by atoms with Gasteiger partial charge in [0, 0.05) is 17.6 Å². The van der Waals surface area contributed by atoms with Crippen LogP contribution in [0, 0.1) is 6.92 Å². The van der Waals surface area contributed by atoms with Gasteiger partial charge in [-0.25, -0.2) is 4.98 Å². The molecule has 3 rings (SSSR count). The number of hydrogen-bond acceptors (Lipinski definition) is 4. The summed E-state index contributed by atoms with van der Waals surface area (Å²) in [7, 11) is 0. The van der Waals surface area contributed by atoms with Gasteiger partial charge in [-0.05, 0) is 36.9 Å². The summed E-state index contributed by atoms with van der Waals surface area (Å²) in [5.41, 5.74) is 1.99. The van der Waals surface area contributed by atoms with Gasteiger partial charge >= 0.3 is 0 Å². The van der Waals surface area contributed by atoms with Crippen molar-refractivity contribution in [2.45, 2.75) is 19.4 Å². The molecular formula is C16H17N3O2S. The van der Waals surface area contributed by atoms with Gasteiger partial charge in [0.15, 0.2) is 0 Å². The van der Waals surface area contributed by atoms with Crippen LogP contribution in [0.15, 0.2) is 41.9 Å². The van der Waals surface area contributed by atoms with Crippen LogP contribution in [0.2, 0.25) is 0 Å². The molecule has 0 radical (unpaired) electrons. The Labute approximate surface area is 132 Å². The second kappa shape index (κ2) is 6.29. The van der Waals surface area contributed by atoms with Crippen LogP contribution >= 0.6 is 11.3 Å². The largest absolute Gasteiger partial charge is 0.388 e. The molecule has 114 valence electrons. The van der Waals surface area contributed by atoms with Crippen LogP contribution in [0.3, 0.4) is 0 Å². The van der Waals surface area contributed by atoms with E-state index in [1.165, 1.54) is 11.3 Å². The number of imidazole rings is 1. The van der Waals surface area contributed by atoms with Gasteiger partial charge in [-0.1, -0.05) is 12.1 Å². The number of fused-ring (bicyclic) bond motifs is 1. The fraction of sp³-hybridized carbons (Fsp3) is 0.250. The Morgan fingerprint density at radius 3 is 3.05 bits per heavy atom. The van der Waals surface area contributed by atoms with Gasteiger partial charge in [0.1, 0.15) is 11.3 Å². The second-order valence-electron chi connectivity index (χ2n) is 5.05. The molecule has 0 saturated carbocycles. The zero-order valence-corrected chi connectivity index (χ0v) is 13.0. The first-order valence-electron chi connectivity index (χ1n) is 7.10. The maximum atomic E-state index is 12.4. The van der Waals surface area contributed by atoms with E-state index in [0.717, 1.165) is 10.5 Å². The van der Waals surface area contributed by atoms with Crippen LogP contribution in [-0.4, -0.2) is 26.9 Å². The van der Waals surface area contributed by atoms with Crippen molar-refractivity contribution in [2.75, 3.05) is 6.54 Å². The summed E-state index contributed by atoms with van der Waals surface area (Å²) in [6, 6.07) is 9.42. The third kappa shape index (κ3) is 2.88. The third-order valence-corrected chi connectivity index (χ3v) is 4.47. The van der Waals surface area contributed by atoms with Gasteiger partial charge in [-0.2, -0.15) is 0 Å². The van der Waals surface area contributed by atoms with Gasteiger partial charge in [0.2, 0.25) is 0 Å². The lowest BCUT2D eigenvalue weighted by atomic mass is 10.2. The average molecular weight is 315 g/mol. The minimum absolute atomic E-state index is 0.172. The number of carbonyl (C=O) groups is 1. The Bertz CT molecular complexity index is 780. The predicted octanol–water partition coefficient (Wildman–Crippen LogP) is 2.56. The standard InChI is InChI=1S/C16H17N3O2S/c1-11-15(19-9-3-2-6-14(19)18-11)16(21)17-8-7-12(20)13-5-4-10-22-13/h2-6,9-10,12,20H,7-8H2,1H3,(H,17,21). The van der Waals surface area contributed by atoms with Crippen molar-refractivity contribution in [2.24, 2.45) is 0 Å². The molecule has 0 aliphatic rings. The SMILES string of the molecule is Cc1nc2ccccn2c1C(=O)NCCC(O)c1cccs1. The minimum Gasteiger partial charge on any atom is -0.388 e. The number of rotatable bonds is 5. The molecule has 3 heterocycles. The van der Waals surface area contributed by atoms with Crippen LogP contribution in [0.1, 0.15) is 33.6 Å². The van der Waals surface area contributed by atoms with E-state index in [2.05, 4.69) is 10.3 Å². The van der Waals surface area contributed by atoms with Crippen molar-refractivity contribution in [3.8, 4) is 0 Å². The number of hydrogen-bond donors (Lipinski definition) is 2. The Kier molecular flexibility index (Phi) is 4.22. The third-order valence-electron chi connectivity index (χ3n) is 3.49. The minimum atomic E-state index is -0.538. The summed E-state index contributed by atoms with van der Waals surface area (Å²) < 4.78 is 1.78. The zero-order chi connectivity index (χ0) is 15.5. The van der Waals surface area contributed by atoms with E-state index in [-0.39, 0.29) is 5.91 Å². The topological polar surface area (TPSA) is 66.6 Å². The lowest BCUT2D eigenvalue weighted by Crippen LogP contribution is -2.27. The number of aryl methyl sites for hydroxylation is 1. The van der Waals surface area contributed by atoms with Crippen LogP contribution < -0.4 is 5.32 Å². The van der Waals surface area contributed by atoms with Crippen LogP contribution in [0.25, 0.3) is 5.65 Å². The Balaban J connectivity index is 1.65. The first-order chi connectivity index (χ1) is 10.7. The number of aromatic nitrogens is 2. The van der Waals surface area contributed by atoms with E-state index in [0.29, 0.717) is 24.4 Å². The number of carbonyl (C=O) groups excluding carboxylic acids is 1. The van der Waals surface area contributed by atoms with E-state index in [1.54, 1.807) is 4.40 Å². The smallest absolute Gasteiger partial charge is 0.270 e. The number of nitrogens with zero attached hydrogens (tertiary/aromatic N) is 2. The summed E-state index contributed by atoms with van der Waals surface area (Å²) in [6.07, 6.45) is 1.77. The molecule has 0 aliphatic heterocycles. The molecule has 0 bridgehead atoms. The fourth-order valence-electron chi connectivity index (χ4n) is 2.42. The molecule has 6 heteroatoms. The maximum Gasteiger partial charge on any atom is 0.270 e. The van der Waals surface area contributed by atoms with E-state index in [1.807, 2.05) is 48.8 Å². The molecule has 1 unspecified atom stereocenters. The van der Waals surface area contributed by atoms with Crippen LogP contribution in [0.5, 0.6) is 0 Å². The quantitative estimate of drug-likeness (QED) is 0.760. The maximum absolute atomic E-state index is 12.4. The number of pyridine rings is 1. The van der Waals surface area contributed by atoms with E-state index >= 15 is 0 Å². The molecule has 1 atom stereocenters. The molecule has 1 amide bonds. The highest BCUT2D eigenvalue weighted by atomic mass is 32.1. The Morgan fingerprint density at radius 1 is 1.41 bits per heavy atom. The molecular weight excluding hydrogens is 298 g/mol. The van der Waals surface area contributed by atoms with Gasteiger partial charge in [-0.15, -0.1) is 11.3 Å².